The van der Waals surface area contributed by atoms with Crippen molar-refractivity contribution >= 4 is 34.4 Å². The zero-order chi connectivity index (χ0) is 13.2. The minimum atomic E-state index is 0.341. The molecule has 2 fully saturated rings. The Morgan fingerprint density at radius 1 is 1.21 bits per heavy atom. The first kappa shape index (κ1) is 13.3. The predicted octanol–water partition coefficient (Wildman–Crippen LogP) is 2.67. The lowest BCUT2D eigenvalue weighted by molar-refractivity contribution is 0.112. The number of hydrogen-bond acceptors (Lipinski definition) is 5. The van der Waals surface area contributed by atoms with E-state index in [1.807, 2.05) is 0 Å². The normalized spacial score (nSPS) is 22.1. The quantitative estimate of drug-likeness (QED) is 0.804. The third-order valence-corrected chi connectivity index (χ3v) is 5.57. The number of thiazole rings is 1. The second kappa shape index (κ2) is 5.77. The van der Waals surface area contributed by atoms with Crippen molar-refractivity contribution in [3.05, 3.63) is 10.0 Å². The van der Waals surface area contributed by atoms with Crippen LogP contribution >= 0.6 is 22.9 Å². The Morgan fingerprint density at radius 2 is 1.89 bits per heavy atom. The number of aldehydes is 1. The molecule has 1 aliphatic heterocycles. The average Bonchev–Trinajstić information content (AvgIpc) is 3.08. The van der Waals surface area contributed by atoms with E-state index in [1.54, 1.807) is 0 Å². The Labute approximate surface area is 122 Å². The van der Waals surface area contributed by atoms with Crippen LogP contribution in [-0.4, -0.2) is 48.4 Å². The number of halogens is 1. The first-order valence-electron chi connectivity index (χ1n) is 6.88. The molecule has 0 bridgehead atoms. The van der Waals surface area contributed by atoms with Crippen LogP contribution in [0.1, 0.15) is 35.4 Å². The molecule has 1 aromatic heterocycles. The van der Waals surface area contributed by atoms with Gasteiger partial charge < -0.3 is 4.90 Å². The Hall–Kier alpha value is -0.650. The van der Waals surface area contributed by atoms with E-state index in [0.717, 1.165) is 43.6 Å². The standard InChI is InChI=1S/C13H18ClN3OS/c14-12-11(9-18)19-13(15-12)17-7-5-16(6-8-17)10-3-1-2-4-10/h9-10H,1-8H2. The van der Waals surface area contributed by atoms with Gasteiger partial charge in [0, 0.05) is 32.2 Å². The number of anilines is 1. The summed E-state index contributed by atoms with van der Waals surface area (Å²) in [6, 6.07) is 0.799. The zero-order valence-electron chi connectivity index (χ0n) is 10.8. The van der Waals surface area contributed by atoms with Crippen molar-refractivity contribution in [2.24, 2.45) is 0 Å². The van der Waals surface area contributed by atoms with Crippen molar-refractivity contribution in [2.75, 3.05) is 31.1 Å². The summed E-state index contributed by atoms with van der Waals surface area (Å²) in [5, 5.41) is 1.23. The Balaban J connectivity index is 1.61. The van der Waals surface area contributed by atoms with Gasteiger partial charge in [-0.2, -0.15) is 0 Å². The van der Waals surface area contributed by atoms with Gasteiger partial charge in [0.05, 0.1) is 0 Å². The van der Waals surface area contributed by atoms with Gasteiger partial charge in [0.1, 0.15) is 4.88 Å². The fourth-order valence-corrected chi connectivity index (χ4v) is 4.17. The summed E-state index contributed by atoms with van der Waals surface area (Å²) in [5.74, 6) is 0. The van der Waals surface area contributed by atoms with E-state index in [4.69, 9.17) is 11.6 Å². The van der Waals surface area contributed by atoms with Crippen LogP contribution in [0.15, 0.2) is 0 Å². The van der Waals surface area contributed by atoms with Crippen molar-refractivity contribution in [1.29, 1.82) is 0 Å². The third kappa shape index (κ3) is 2.78. The molecule has 19 heavy (non-hydrogen) atoms. The molecule has 0 atom stereocenters. The molecule has 0 unspecified atom stereocenters. The van der Waals surface area contributed by atoms with Gasteiger partial charge in [-0.05, 0) is 12.8 Å². The summed E-state index contributed by atoms with van der Waals surface area (Å²) in [7, 11) is 0. The van der Waals surface area contributed by atoms with Crippen LogP contribution in [0.2, 0.25) is 5.15 Å². The third-order valence-electron chi connectivity index (χ3n) is 4.13. The molecule has 1 aliphatic carbocycles. The molecule has 0 spiro atoms. The zero-order valence-corrected chi connectivity index (χ0v) is 12.4. The highest BCUT2D eigenvalue weighted by molar-refractivity contribution is 7.17. The second-order valence-corrected chi connectivity index (χ2v) is 6.60. The number of rotatable bonds is 3. The summed E-state index contributed by atoms with van der Waals surface area (Å²) in [4.78, 5) is 20.5. The summed E-state index contributed by atoms with van der Waals surface area (Å²) in [5.41, 5.74) is 0. The lowest BCUT2D eigenvalue weighted by atomic mass is 10.2. The maximum Gasteiger partial charge on any atom is 0.187 e. The van der Waals surface area contributed by atoms with Crippen molar-refractivity contribution in [3.63, 3.8) is 0 Å². The van der Waals surface area contributed by atoms with Gasteiger partial charge in [0.2, 0.25) is 0 Å². The SMILES string of the molecule is O=Cc1sc(N2CCN(C3CCCC3)CC2)nc1Cl. The first-order valence-corrected chi connectivity index (χ1v) is 8.08. The molecule has 0 aromatic carbocycles. The number of nitrogens with zero attached hydrogens (tertiary/aromatic N) is 3. The van der Waals surface area contributed by atoms with Gasteiger partial charge in [0.15, 0.2) is 16.6 Å². The first-order chi connectivity index (χ1) is 9.28. The van der Waals surface area contributed by atoms with Crippen molar-refractivity contribution in [2.45, 2.75) is 31.7 Å². The van der Waals surface area contributed by atoms with E-state index < -0.39 is 0 Å². The molecular formula is C13H18ClN3OS. The predicted molar refractivity (Wildman–Crippen MR) is 78.6 cm³/mol. The summed E-state index contributed by atoms with van der Waals surface area (Å²) in [6.07, 6.45) is 6.28. The fraction of sp³-hybridized carbons (Fsp3) is 0.692. The van der Waals surface area contributed by atoms with Crippen molar-refractivity contribution in [1.82, 2.24) is 9.88 Å². The lowest BCUT2D eigenvalue weighted by Gasteiger charge is -2.37. The van der Waals surface area contributed by atoms with Gasteiger partial charge in [-0.15, -0.1) is 0 Å². The van der Waals surface area contributed by atoms with Gasteiger partial charge in [-0.25, -0.2) is 4.98 Å². The van der Waals surface area contributed by atoms with E-state index in [2.05, 4.69) is 14.8 Å². The van der Waals surface area contributed by atoms with Gasteiger partial charge in [0.25, 0.3) is 0 Å². The van der Waals surface area contributed by atoms with Crippen LogP contribution < -0.4 is 4.90 Å². The van der Waals surface area contributed by atoms with Crippen LogP contribution in [0.3, 0.4) is 0 Å². The van der Waals surface area contributed by atoms with Crippen LogP contribution in [0.5, 0.6) is 0 Å². The maximum atomic E-state index is 10.8. The molecule has 4 nitrogen and oxygen atoms in total. The monoisotopic (exact) mass is 299 g/mol. The van der Waals surface area contributed by atoms with Crippen molar-refractivity contribution < 1.29 is 4.79 Å². The molecule has 6 heteroatoms. The highest BCUT2D eigenvalue weighted by atomic mass is 35.5. The molecular weight excluding hydrogens is 282 g/mol. The van der Waals surface area contributed by atoms with Crippen LogP contribution in [-0.2, 0) is 0 Å². The van der Waals surface area contributed by atoms with Crippen molar-refractivity contribution in [3.8, 4) is 0 Å². The molecule has 1 saturated carbocycles. The largest absolute Gasteiger partial charge is 0.345 e. The number of aromatic nitrogens is 1. The number of hydrogen-bond donors (Lipinski definition) is 0. The molecule has 0 amide bonds. The molecule has 0 radical (unpaired) electrons. The number of carbonyl (C=O) groups excluding carboxylic acids is 1. The fourth-order valence-electron chi connectivity index (χ4n) is 3.06. The van der Waals surface area contributed by atoms with Crippen LogP contribution in [0.25, 0.3) is 0 Å². The molecule has 0 N–H and O–H groups in total. The van der Waals surface area contributed by atoms with E-state index in [-0.39, 0.29) is 0 Å². The lowest BCUT2D eigenvalue weighted by Crippen LogP contribution is -2.49. The molecule has 2 heterocycles. The molecule has 3 rings (SSSR count). The van der Waals surface area contributed by atoms with Crippen LogP contribution in [0.4, 0.5) is 5.13 Å². The second-order valence-electron chi connectivity index (χ2n) is 5.23. The van der Waals surface area contributed by atoms with E-state index >= 15 is 0 Å². The minimum absolute atomic E-state index is 0.341. The van der Waals surface area contributed by atoms with Gasteiger partial charge in [-0.3, -0.25) is 9.69 Å². The van der Waals surface area contributed by atoms with E-state index in [0.29, 0.717) is 10.0 Å². The summed E-state index contributed by atoms with van der Waals surface area (Å²) < 4.78 is 0. The minimum Gasteiger partial charge on any atom is -0.345 e. The summed E-state index contributed by atoms with van der Waals surface area (Å²) in [6.45, 7) is 4.16. The Kier molecular flexibility index (Phi) is 4.05. The molecule has 1 aromatic rings. The van der Waals surface area contributed by atoms with Gasteiger partial charge in [-0.1, -0.05) is 35.8 Å². The van der Waals surface area contributed by atoms with Crippen LogP contribution in [0, 0.1) is 0 Å². The van der Waals surface area contributed by atoms with E-state index in [1.165, 1.54) is 37.0 Å². The maximum absolute atomic E-state index is 10.8. The molecule has 104 valence electrons. The average molecular weight is 300 g/mol. The van der Waals surface area contributed by atoms with Gasteiger partial charge >= 0.3 is 0 Å². The van der Waals surface area contributed by atoms with E-state index in [9.17, 15) is 4.79 Å². The number of piperazine rings is 1. The smallest absolute Gasteiger partial charge is 0.187 e. The Morgan fingerprint density at radius 3 is 2.47 bits per heavy atom. The summed E-state index contributed by atoms with van der Waals surface area (Å²) >= 11 is 7.32. The molecule has 1 saturated heterocycles. The topological polar surface area (TPSA) is 36.4 Å². The number of carbonyl (C=O) groups is 1. The molecule has 2 aliphatic rings. The Bertz CT molecular complexity index is 451. The highest BCUT2D eigenvalue weighted by Gasteiger charge is 2.27. The highest BCUT2D eigenvalue weighted by Crippen LogP contribution is 2.30.